The van der Waals surface area contributed by atoms with Crippen LogP contribution in [0.15, 0.2) is 151 Å². The molecule has 0 radical (unpaired) electrons. The highest BCUT2D eigenvalue weighted by Gasteiger charge is 2.19. The maximum atomic E-state index is 10.2. The molecule has 49 heavy (non-hydrogen) atoms. The first-order valence-electron chi connectivity index (χ1n) is 16.5. The highest BCUT2D eigenvalue weighted by Crippen LogP contribution is 2.41. The molecule has 1 aliphatic rings. The Balaban J connectivity index is 1.24. The van der Waals surface area contributed by atoms with Crippen molar-refractivity contribution in [2.24, 2.45) is 0 Å². The van der Waals surface area contributed by atoms with Crippen LogP contribution in [0.1, 0.15) is 36.5 Å². The second kappa shape index (κ2) is 12.5. The fourth-order valence-corrected chi connectivity index (χ4v) is 7.15. The zero-order valence-corrected chi connectivity index (χ0v) is 27.1. The average Bonchev–Trinajstić information content (AvgIpc) is 3.50. The SMILES string of the molecule is CC1=C(c2cccc(C#N)c2Nc2cc(C#N)ccc2-c2ccccc2-c2ccc(-n3c4ccccc4c4ccccc43)cc2)C=CCC1. The summed E-state index contributed by atoms with van der Waals surface area (Å²) in [7, 11) is 0. The minimum Gasteiger partial charge on any atom is -0.353 e. The molecule has 0 saturated heterocycles. The van der Waals surface area contributed by atoms with E-state index in [0.717, 1.165) is 63.3 Å². The number of nitrogens with one attached hydrogen (secondary N) is 1. The number of hydrogen-bond acceptors (Lipinski definition) is 3. The normalized spacial score (nSPS) is 12.6. The summed E-state index contributed by atoms with van der Waals surface area (Å²) < 4.78 is 2.33. The number of fused-ring (bicyclic) bond motifs is 3. The van der Waals surface area contributed by atoms with Gasteiger partial charge in [-0.15, -0.1) is 0 Å². The fraction of sp³-hybridized carbons (Fsp3) is 0.0667. The Morgan fingerprint density at radius 1 is 0.633 bits per heavy atom. The Kier molecular flexibility index (Phi) is 7.61. The van der Waals surface area contributed by atoms with E-state index < -0.39 is 0 Å². The summed E-state index contributed by atoms with van der Waals surface area (Å²) in [6.07, 6.45) is 6.35. The van der Waals surface area contributed by atoms with Crippen LogP contribution in [-0.4, -0.2) is 4.57 Å². The highest BCUT2D eigenvalue weighted by atomic mass is 15.0. The smallest absolute Gasteiger partial charge is 0.101 e. The summed E-state index contributed by atoms with van der Waals surface area (Å²) in [5.41, 5.74) is 13.6. The standard InChI is InChI=1S/C45H32N4/c1-30-11-2-3-13-35(30)41-18-10-12-33(29-47)45(41)48-42-27-31(28-46)21-26-38(42)37-15-5-4-14-36(37)32-22-24-34(25-23-32)49-43-19-8-6-16-39(43)40-17-7-9-20-44(40)49/h3-10,12-27,48H,2,11H2,1H3. The van der Waals surface area contributed by atoms with Gasteiger partial charge in [-0.3, -0.25) is 0 Å². The van der Waals surface area contributed by atoms with Crippen LogP contribution in [0.25, 0.3) is 55.3 Å². The quantitative estimate of drug-likeness (QED) is 0.199. The van der Waals surface area contributed by atoms with Gasteiger partial charge in [-0.05, 0) is 84.5 Å². The molecule has 0 bridgehead atoms. The molecule has 0 saturated carbocycles. The number of nitrogens with zero attached hydrogens (tertiary/aromatic N) is 3. The second-order valence-corrected chi connectivity index (χ2v) is 12.4. The first-order chi connectivity index (χ1) is 24.1. The molecule has 6 aromatic carbocycles. The molecule has 0 unspecified atom stereocenters. The summed E-state index contributed by atoms with van der Waals surface area (Å²) in [6.45, 7) is 2.16. The molecule has 0 amide bonds. The fourth-order valence-electron chi connectivity index (χ4n) is 7.15. The Morgan fingerprint density at radius 3 is 2.00 bits per heavy atom. The molecule has 232 valence electrons. The van der Waals surface area contributed by atoms with Gasteiger partial charge < -0.3 is 9.88 Å². The molecule has 0 fully saturated rings. The molecule has 4 heteroatoms. The third kappa shape index (κ3) is 5.27. The largest absolute Gasteiger partial charge is 0.353 e. The van der Waals surface area contributed by atoms with Gasteiger partial charge in [0.1, 0.15) is 6.07 Å². The van der Waals surface area contributed by atoms with Crippen molar-refractivity contribution in [2.75, 3.05) is 5.32 Å². The van der Waals surface area contributed by atoms with Crippen molar-refractivity contribution in [3.05, 3.63) is 168 Å². The Morgan fingerprint density at radius 2 is 1.31 bits per heavy atom. The molecule has 0 aliphatic heterocycles. The van der Waals surface area contributed by atoms with E-state index in [1.165, 1.54) is 27.4 Å². The van der Waals surface area contributed by atoms with Crippen LogP contribution in [-0.2, 0) is 0 Å². The van der Waals surface area contributed by atoms with Crippen LogP contribution in [0.2, 0.25) is 0 Å². The van der Waals surface area contributed by atoms with E-state index in [0.29, 0.717) is 11.1 Å². The second-order valence-electron chi connectivity index (χ2n) is 12.4. The predicted octanol–water partition coefficient (Wildman–Crippen LogP) is 11.7. The van der Waals surface area contributed by atoms with Gasteiger partial charge >= 0.3 is 0 Å². The van der Waals surface area contributed by atoms with Crippen LogP contribution in [0.5, 0.6) is 0 Å². The molecule has 0 atom stereocenters. The lowest BCUT2D eigenvalue weighted by atomic mass is 9.90. The Hall–Kier alpha value is -6.62. The molecule has 1 aliphatic carbocycles. The van der Waals surface area contributed by atoms with Crippen molar-refractivity contribution >= 4 is 38.8 Å². The molecule has 7 aromatic rings. The number of nitriles is 2. The summed E-state index contributed by atoms with van der Waals surface area (Å²) in [6, 6.07) is 50.5. The lowest BCUT2D eigenvalue weighted by Crippen LogP contribution is -2.03. The van der Waals surface area contributed by atoms with E-state index in [-0.39, 0.29) is 0 Å². The first-order valence-corrected chi connectivity index (χ1v) is 16.5. The zero-order valence-electron chi connectivity index (χ0n) is 27.1. The molecule has 1 aromatic heterocycles. The molecule has 0 spiro atoms. The number of para-hydroxylation sites is 3. The third-order valence-corrected chi connectivity index (χ3v) is 9.55. The van der Waals surface area contributed by atoms with Crippen molar-refractivity contribution in [1.29, 1.82) is 10.5 Å². The summed E-state index contributed by atoms with van der Waals surface area (Å²) in [4.78, 5) is 0. The lowest BCUT2D eigenvalue weighted by molar-refractivity contribution is 0.967. The number of hydrogen-bond donors (Lipinski definition) is 1. The van der Waals surface area contributed by atoms with Gasteiger partial charge in [-0.1, -0.05) is 109 Å². The average molecular weight is 629 g/mol. The van der Waals surface area contributed by atoms with E-state index in [2.05, 4.69) is 138 Å². The van der Waals surface area contributed by atoms with Gasteiger partial charge in [0.05, 0.1) is 33.9 Å². The Labute approximate surface area is 286 Å². The van der Waals surface area contributed by atoms with Gasteiger partial charge in [0.25, 0.3) is 0 Å². The van der Waals surface area contributed by atoms with E-state index >= 15 is 0 Å². The number of benzene rings is 6. The van der Waals surface area contributed by atoms with Gasteiger partial charge in [0.2, 0.25) is 0 Å². The minimum absolute atomic E-state index is 0.545. The van der Waals surface area contributed by atoms with Crippen LogP contribution < -0.4 is 5.32 Å². The maximum Gasteiger partial charge on any atom is 0.101 e. The van der Waals surface area contributed by atoms with Crippen molar-refractivity contribution < 1.29 is 0 Å². The van der Waals surface area contributed by atoms with Gasteiger partial charge in [-0.25, -0.2) is 0 Å². The summed E-state index contributed by atoms with van der Waals surface area (Å²) in [5, 5.41) is 26.2. The van der Waals surface area contributed by atoms with Crippen LogP contribution >= 0.6 is 0 Å². The van der Waals surface area contributed by atoms with Crippen molar-refractivity contribution in [3.8, 4) is 40.1 Å². The summed E-state index contributed by atoms with van der Waals surface area (Å²) >= 11 is 0. The predicted molar refractivity (Wildman–Crippen MR) is 202 cm³/mol. The molecule has 4 nitrogen and oxygen atoms in total. The van der Waals surface area contributed by atoms with E-state index in [1.807, 2.05) is 36.4 Å². The topological polar surface area (TPSA) is 64.5 Å². The van der Waals surface area contributed by atoms with E-state index in [9.17, 15) is 10.5 Å². The van der Waals surface area contributed by atoms with E-state index in [1.54, 1.807) is 0 Å². The third-order valence-electron chi connectivity index (χ3n) is 9.55. The number of rotatable bonds is 6. The number of allylic oxidation sites excluding steroid dienone is 4. The van der Waals surface area contributed by atoms with E-state index in [4.69, 9.17) is 0 Å². The maximum absolute atomic E-state index is 10.2. The van der Waals surface area contributed by atoms with Crippen LogP contribution in [0.4, 0.5) is 11.4 Å². The monoisotopic (exact) mass is 628 g/mol. The van der Waals surface area contributed by atoms with Crippen LogP contribution in [0, 0.1) is 22.7 Å². The van der Waals surface area contributed by atoms with Crippen LogP contribution in [0.3, 0.4) is 0 Å². The zero-order chi connectivity index (χ0) is 33.3. The lowest BCUT2D eigenvalue weighted by Gasteiger charge is -2.21. The van der Waals surface area contributed by atoms with Crippen molar-refractivity contribution in [1.82, 2.24) is 4.57 Å². The van der Waals surface area contributed by atoms with Gasteiger partial charge in [0.15, 0.2) is 0 Å². The number of aromatic nitrogens is 1. The van der Waals surface area contributed by atoms with Crippen molar-refractivity contribution in [3.63, 3.8) is 0 Å². The highest BCUT2D eigenvalue weighted by molar-refractivity contribution is 6.09. The van der Waals surface area contributed by atoms with Gasteiger partial charge in [-0.2, -0.15) is 10.5 Å². The molecule has 1 N–H and O–H groups in total. The number of anilines is 2. The molecule has 1 heterocycles. The molecular formula is C45H32N4. The Bertz CT molecular complexity index is 2500. The molecular weight excluding hydrogens is 597 g/mol. The minimum atomic E-state index is 0.545. The van der Waals surface area contributed by atoms with Gasteiger partial charge in [0, 0.05) is 33.3 Å². The first kappa shape index (κ1) is 29.8. The molecule has 8 rings (SSSR count). The summed E-state index contributed by atoms with van der Waals surface area (Å²) in [5.74, 6) is 0. The van der Waals surface area contributed by atoms with Crippen molar-refractivity contribution in [2.45, 2.75) is 19.8 Å².